The number of thiophene rings is 1. The molecule has 0 aliphatic carbocycles. The van der Waals surface area contributed by atoms with Gasteiger partial charge in [0.25, 0.3) is 5.92 Å². The molecule has 0 unspecified atom stereocenters. The minimum Gasteiger partial charge on any atom is -0.333 e. The standard InChI is InChI=1S/C37H35F2N2S.Ir/c1-22(2)28-18-26(25-12-8-7-9-13-25)19-29(23(3)4)35(28)41-33-15-11-10-14-32(33)40-36(41)31-21-42-34-17-16-27(20-30(31)34)37(38,39)24(5)6;/h7-20,22-24H,1-6H3;/q-1;. The Hall–Kier alpha value is -3.18. The molecule has 0 saturated carbocycles. The third-order valence-corrected chi connectivity index (χ3v) is 9.03. The smallest absolute Gasteiger partial charge is 0.274 e. The van der Waals surface area contributed by atoms with Crippen molar-refractivity contribution < 1.29 is 28.9 Å². The molecule has 6 heteroatoms. The summed E-state index contributed by atoms with van der Waals surface area (Å²) in [7, 11) is 0. The number of imidazole rings is 1. The van der Waals surface area contributed by atoms with Crippen LogP contribution in [0.5, 0.6) is 0 Å². The molecule has 0 atom stereocenters. The quantitative estimate of drug-likeness (QED) is 0.148. The molecule has 1 radical (unpaired) electrons. The van der Waals surface area contributed by atoms with Gasteiger partial charge in [0.1, 0.15) is 0 Å². The van der Waals surface area contributed by atoms with E-state index in [2.05, 4.69) is 80.1 Å². The Morgan fingerprint density at radius 2 is 1.40 bits per heavy atom. The number of hydrogen-bond donors (Lipinski definition) is 0. The number of alkyl halides is 2. The summed E-state index contributed by atoms with van der Waals surface area (Å²) in [5, 5.41) is 4.21. The van der Waals surface area contributed by atoms with Crippen LogP contribution in [0, 0.1) is 11.3 Å². The number of benzene rings is 4. The Morgan fingerprint density at radius 3 is 2.02 bits per heavy atom. The fourth-order valence-electron chi connectivity index (χ4n) is 5.72. The van der Waals surface area contributed by atoms with Crippen molar-refractivity contribution in [1.82, 2.24) is 9.55 Å². The van der Waals surface area contributed by atoms with Crippen LogP contribution in [-0.2, 0) is 26.0 Å². The van der Waals surface area contributed by atoms with E-state index in [-0.39, 0.29) is 37.5 Å². The minimum atomic E-state index is -2.93. The first-order chi connectivity index (χ1) is 20.1. The Balaban J connectivity index is 0.00000368. The van der Waals surface area contributed by atoms with Gasteiger partial charge in [-0.15, -0.1) is 5.39 Å². The van der Waals surface area contributed by atoms with Gasteiger partial charge >= 0.3 is 0 Å². The molecule has 43 heavy (non-hydrogen) atoms. The molecule has 2 heterocycles. The second kappa shape index (κ2) is 12.1. The molecule has 2 aromatic heterocycles. The van der Waals surface area contributed by atoms with Crippen LogP contribution in [-0.4, -0.2) is 9.55 Å². The topological polar surface area (TPSA) is 17.8 Å². The first-order valence-electron chi connectivity index (χ1n) is 14.6. The van der Waals surface area contributed by atoms with Crippen molar-refractivity contribution in [3.8, 4) is 28.2 Å². The van der Waals surface area contributed by atoms with Crippen LogP contribution >= 0.6 is 11.3 Å². The second-order valence-corrected chi connectivity index (χ2v) is 12.9. The summed E-state index contributed by atoms with van der Waals surface area (Å²) in [5.41, 5.74) is 8.54. The summed E-state index contributed by atoms with van der Waals surface area (Å²) < 4.78 is 33.6. The van der Waals surface area contributed by atoms with E-state index in [1.54, 1.807) is 32.0 Å². The summed E-state index contributed by atoms with van der Waals surface area (Å²) in [6, 6.07) is 28.2. The SMILES string of the molecule is CC(C)c1cc(-c2ccccc2)cc(C(C)C)c1-n1c(-c2[c-]sc3ccc(C(F)(F)C(C)C)cc23)nc2ccccc21.[Ir]. The maximum atomic E-state index is 15.2. The summed E-state index contributed by atoms with van der Waals surface area (Å²) in [6.07, 6.45) is 0. The van der Waals surface area contributed by atoms with Crippen LogP contribution in [0.3, 0.4) is 0 Å². The van der Waals surface area contributed by atoms with Gasteiger partial charge in [0, 0.05) is 37.3 Å². The predicted octanol–water partition coefficient (Wildman–Crippen LogP) is 11.4. The molecule has 4 aromatic carbocycles. The van der Waals surface area contributed by atoms with Crippen molar-refractivity contribution in [3.05, 3.63) is 107 Å². The van der Waals surface area contributed by atoms with Crippen molar-refractivity contribution in [3.63, 3.8) is 0 Å². The summed E-state index contributed by atoms with van der Waals surface area (Å²) in [5.74, 6) is -2.56. The van der Waals surface area contributed by atoms with Gasteiger partial charge in [-0.3, -0.25) is 16.3 Å². The molecule has 223 valence electrons. The van der Waals surface area contributed by atoms with Gasteiger partial charge in [0.2, 0.25) is 0 Å². The monoisotopic (exact) mass is 770 g/mol. The molecular weight excluding hydrogens is 735 g/mol. The Kier molecular flexibility index (Phi) is 8.77. The number of halogens is 2. The molecule has 0 N–H and O–H groups in total. The van der Waals surface area contributed by atoms with E-state index in [1.807, 2.05) is 24.3 Å². The van der Waals surface area contributed by atoms with E-state index < -0.39 is 11.8 Å². The molecule has 0 saturated heterocycles. The van der Waals surface area contributed by atoms with Crippen LogP contribution < -0.4 is 0 Å². The maximum absolute atomic E-state index is 15.2. The zero-order chi connectivity index (χ0) is 29.8. The van der Waals surface area contributed by atoms with Gasteiger partial charge in [-0.25, -0.2) is 8.78 Å². The van der Waals surface area contributed by atoms with Gasteiger partial charge in [0.05, 0.1) is 16.9 Å². The zero-order valence-corrected chi connectivity index (χ0v) is 28.4. The van der Waals surface area contributed by atoms with Crippen LogP contribution in [0.25, 0.3) is 49.3 Å². The molecule has 0 spiro atoms. The van der Waals surface area contributed by atoms with E-state index in [4.69, 9.17) is 4.98 Å². The van der Waals surface area contributed by atoms with E-state index in [1.165, 1.54) is 33.6 Å². The molecule has 6 aromatic rings. The molecule has 2 nitrogen and oxygen atoms in total. The van der Waals surface area contributed by atoms with Crippen molar-refractivity contribution in [2.75, 3.05) is 0 Å². The van der Waals surface area contributed by atoms with E-state index in [0.29, 0.717) is 0 Å². The second-order valence-electron chi connectivity index (χ2n) is 12.0. The molecule has 6 rings (SSSR count). The third kappa shape index (κ3) is 5.50. The largest absolute Gasteiger partial charge is 0.333 e. The van der Waals surface area contributed by atoms with Crippen molar-refractivity contribution >= 4 is 32.5 Å². The number of fused-ring (bicyclic) bond motifs is 2. The summed E-state index contributed by atoms with van der Waals surface area (Å²) >= 11 is 1.45. The third-order valence-electron chi connectivity index (χ3n) is 8.15. The normalized spacial score (nSPS) is 12.2. The molecule has 0 bridgehead atoms. The van der Waals surface area contributed by atoms with Gasteiger partial charge in [-0.2, -0.15) is 0 Å². The van der Waals surface area contributed by atoms with Crippen molar-refractivity contribution in [1.29, 1.82) is 0 Å². The van der Waals surface area contributed by atoms with Crippen molar-refractivity contribution in [2.24, 2.45) is 5.92 Å². The average Bonchev–Trinajstić information content (AvgIpc) is 3.57. The molecule has 0 aliphatic heterocycles. The van der Waals surface area contributed by atoms with Gasteiger partial charge in [0.15, 0.2) is 0 Å². The van der Waals surface area contributed by atoms with E-state index in [0.717, 1.165) is 38.2 Å². The van der Waals surface area contributed by atoms with Gasteiger partial charge in [-0.1, -0.05) is 118 Å². The fraction of sp³-hybridized carbons (Fsp3) is 0.270. The van der Waals surface area contributed by atoms with Crippen LogP contribution in [0.15, 0.2) is 84.9 Å². The number of nitrogens with zero attached hydrogens (tertiary/aromatic N) is 2. The van der Waals surface area contributed by atoms with Crippen LogP contribution in [0.1, 0.15) is 70.1 Å². The Labute approximate surface area is 270 Å². The summed E-state index contributed by atoms with van der Waals surface area (Å²) in [4.78, 5) is 5.14. The van der Waals surface area contributed by atoms with E-state index >= 15 is 8.78 Å². The number of rotatable bonds is 7. The first kappa shape index (κ1) is 31.3. The average molecular weight is 770 g/mol. The number of para-hydroxylation sites is 2. The zero-order valence-electron chi connectivity index (χ0n) is 25.2. The van der Waals surface area contributed by atoms with E-state index in [9.17, 15) is 0 Å². The van der Waals surface area contributed by atoms with Crippen LogP contribution in [0.2, 0.25) is 0 Å². The van der Waals surface area contributed by atoms with Gasteiger partial charge < -0.3 is 4.57 Å². The molecule has 0 aliphatic rings. The fourth-order valence-corrected chi connectivity index (χ4v) is 6.54. The molecular formula is C37H35F2IrN2S-. The predicted molar refractivity (Wildman–Crippen MR) is 173 cm³/mol. The van der Waals surface area contributed by atoms with Crippen LogP contribution in [0.4, 0.5) is 8.78 Å². The number of hydrogen-bond acceptors (Lipinski definition) is 2. The first-order valence-corrected chi connectivity index (χ1v) is 15.4. The number of aromatic nitrogens is 2. The van der Waals surface area contributed by atoms with Crippen molar-refractivity contribution in [2.45, 2.75) is 59.3 Å². The molecule has 0 amide bonds. The Morgan fingerprint density at radius 1 is 0.767 bits per heavy atom. The Bertz CT molecular complexity index is 1870. The maximum Gasteiger partial charge on any atom is 0.274 e. The summed E-state index contributed by atoms with van der Waals surface area (Å²) in [6.45, 7) is 12.0. The van der Waals surface area contributed by atoms with Gasteiger partial charge in [-0.05, 0) is 58.4 Å². The molecule has 0 fully saturated rings. The minimum absolute atomic E-state index is 0.